The minimum absolute atomic E-state index is 0.0210. The highest BCUT2D eigenvalue weighted by Gasteiger charge is 2.33. The van der Waals surface area contributed by atoms with Crippen molar-refractivity contribution in [1.82, 2.24) is 9.97 Å². The maximum Gasteiger partial charge on any atom is 0.417 e. The Kier molecular flexibility index (Phi) is 5.71. The Labute approximate surface area is 145 Å². The Hall–Kier alpha value is -1.80. The first kappa shape index (κ1) is 18.5. The molecule has 2 aromatic rings. The number of nitrogens with one attached hydrogen (secondary N) is 1. The Morgan fingerprint density at radius 3 is 2.42 bits per heavy atom. The Morgan fingerprint density at radius 1 is 1.21 bits per heavy atom. The molecule has 0 aliphatic heterocycles. The predicted octanol–water partition coefficient (Wildman–Crippen LogP) is 4.50. The van der Waals surface area contributed by atoms with E-state index in [9.17, 15) is 18.0 Å². The molecule has 2 rings (SSSR count). The molecule has 0 saturated carbocycles. The van der Waals surface area contributed by atoms with Gasteiger partial charge < -0.3 is 5.32 Å². The number of amides is 1. The number of anilines is 1. The molecule has 0 bridgehead atoms. The van der Waals surface area contributed by atoms with Crippen molar-refractivity contribution in [3.8, 4) is 0 Å². The van der Waals surface area contributed by atoms with Crippen LogP contribution in [0.15, 0.2) is 29.4 Å². The number of hydrogen-bond donors (Lipinski definition) is 1. The number of halogens is 4. The molecule has 128 valence electrons. The predicted molar refractivity (Wildman–Crippen MR) is 87.3 cm³/mol. The van der Waals surface area contributed by atoms with Gasteiger partial charge in [0.25, 0.3) is 0 Å². The van der Waals surface area contributed by atoms with Gasteiger partial charge in [0.15, 0.2) is 5.16 Å². The fourth-order valence-electron chi connectivity index (χ4n) is 1.91. The minimum Gasteiger partial charge on any atom is -0.325 e. The maximum atomic E-state index is 12.8. The average Bonchev–Trinajstić information content (AvgIpc) is 2.45. The zero-order valence-corrected chi connectivity index (χ0v) is 14.3. The first-order valence-electron chi connectivity index (χ1n) is 6.77. The first-order chi connectivity index (χ1) is 11.1. The van der Waals surface area contributed by atoms with Crippen molar-refractivity contribution >= 4 is 35.0 Å². The second-order valence-corrected chi connectivity index (χ2v) is 6.31. The number of nitrogens with zero attached hydrogens (tertiary/aromatic N) is 2. The van der Waals surface area contributed by atoms with Crippen molar-refractivity contribution in [2.75, 3.05) is 11.1 Å². The summed E-state index contributed by atoms with van der Waals surface area (Å²) in [6.45, 7) is 3.62. The molecule has 0 unspecified atom stereocenters. The molecule has 0 atom stereocenters. The number of hydrogen-bond acceptors (Lipinski definition) is 4. The van der Waals surface area contributed by atoms with E-state index < -0.39 is 22.7 Å². The summed E-state index contributed by atoms with van der Waals surface area (Å²) in [5.41, 5.74) is 0.585. The molecular formula is C15H13ClF3N3OS. The van der Waals surface area contributed by atoms with E-state index in [1.165, 1.54) is 6.07 Å². The van der Waals surface area contributed by atoms with E-state index in [2.05, 4.69) is 15.3 Å². The van der Waals surface area contributed by atoms with Crippen LogP contribution in [-0.2, 0) is 11.0 Å². The van der Waals surface area contributed by atoms with Crippen molar-refractivity contribution < 1.29 is 18.0 Å². The summed E-state index contributed by atoms with van der Waals surface area (Å²) >= 11 is 6.64. The van der Waals surface area contributed by atoms with E-state index in [4.69, 9.17) is 11.6 Å². The first-order valence-corrected chi connectivity index (χ1v) is 8.13. The fourth-order valence-corrected chi connectivity index (χ4v) is 2.88. The molecule has 1 aromatic carbocycles. The molecule has 0 aliphatic carbocycles. The summed E-state index contributed by atoms with van der Waals surface area (Å²) in [6, 6.07) is 5.02. The third kappa shape index (κ3) is 5.10. The van der Waals surface area contributed by atoms with Crippen molar-refractivity contribution in [2.45, 2.75) is 25.2 Å². The Balaban J connectivity index is 2.02. The third-order valence-electron chi connectivity index (χ3n) is 2.85. The molecule has 1 heterocycles. The van der Waals surface area contributed by atoms with Crippen LogP contribution < -0.4 is 5.32 Å². The quantitative estimate of drug-likeness (QED) is 0.631. The summed E-state index contributed by atoms with van der Waals surface area (Å²) in [4.78, 5) is 20.3. The van der Waals surface area contributed by atoms with Crippen molar-refractivity contribution in [3.05, 3.63) is 46.2 Å². The van der Waals surface area contributed by atoms with Crippen LogP contribution in [0.1, 0.15) is 17.0 Å². The SMILES string of the molecule is Cc1cc(C)nc(SCC(=O)Nc2ccc(Cl)c(C(F)(F)F)c2)n1. The molecule has 0 aliphatic rings. The van der Waals surface area contributed by atoms with Gasteiger partial charge in [-0.2, -0.15) is 13.2 Å². The second kappa shape index (κ2) is 7.40. The highest BCUT2D eigenvalue weighted by Crippen LogP contribution is 2.36. The number of benzene rings is 1. The van der Waals surface area contributed by atoms with Gasteiger partial charge in [0.05, 0.1) is 16.3 Å². The number of carbonyl (C=O) groups is 1. The smallest absolute Gasteiger partial charge is 0.325 e. The highest BCUT2D eigenvalue weighted by atomic mass is 35.5. The topological polar surface area (TPSA) is 54.9 Å². The lowest BCUT2D eigenvalue weighted by Crippen LogP contribution is -2.15. The van der Waals surface area contributed by atoms with Gasteiger partial charge in [0, 0.05) is 17.1 Å². The van der Waals surface area contributed by atoms with Crippen LogP contribution in [0.2, 0.25) is 5.02 Å². The average molecular weight is 376 g/mol. The molecule has 1 aromatic heterocycles. The van der Waals surface area contributed by atoms with Gasteiger partial charge in [-0.05, 0) is 38.1 Å². The number of aryl methyl sites for hydroxylation is 2. The van der Waals surface area contributed by atoms with Gasteiger partial charge in [-0.3, -0.25) is 4.79 Å². The number of thioether (sulfide) groups is 1. The Bertz CT molecular complexity index is 748. The van der Waals surface area contributed by atoms with Crippen LogP contribution in [0.3, 0.4) is 0 Å². The monoisotopic (exact) mass is 375 g/mol. The summed E-state index contributed by atoms with van der Waals surface area (Å²) in [6.07, 6.45) is -4.58. The summed E-state index contributed by atoms with van der Waals surface area (Å²) in [5.74, 6) is -0.481. The molecule has 24 heavy (non-hydrogen) atoms. The van der Waals surface area contributed by atoms with E-state index in [1.807, 2.05) is 13.8 Å². The van der Waals surface area contributed by atoms with Crippen LogP contribution >= 0.6 is 23.4 Å². The van der Waals surface area contributed by atoms with Crippen molar-refractivity contribution in [1.29, 1.82) is 0 Å². The molecule has 1 amide bonds. The summed E-state index contributed by atoms with van der Waals surface area (Å²) < 4.78 is 38.4. The van der Waals surface area contributed by atoms with E-state index in [0.717, 1.165) is 35.3 Å². The molecule has 0 fully saturated rings. The second-order valence-electron chi connectivity index (χ2n) is 4.96. The van der Waals surface area contributed by atoms with Crippen LogP contribution in [-0.4, -0.2) is 21.6 Å². The van der Waals surface area contributed by atoms with Crippen molar-refractivity contribution in [2.24, 2.45) is 0 Å². The number of aromatic nitrogens is 2. The van der Waals surface area contributed by atoms with E-state index in [-0.39, 0.29) is 11.4 Å². The number of carbonyl (C=O) groups excluding carboxylic acids is 1. The van der Waals surface area contributed by atoms with Gasteiger partial charge in [-0.25, -0.2) is 9.97 Å². The molecule has 0 radical (unpaired) electrons. The third-order valence-corrected chi connectivity index (χ3v) is 4.03. The summed E-state index contributed by atoms with van der Waals surface area (Å²) in [5, 5.41) is 2.43. The van der Waals surface area contributed by atoms with Crippen LogP contribution in [0.25, 0.3) is 0 Å². The normalized spacial score (nSPS) is 11.4. The zero-order chi connectivity index (χ0) is 17.9. The van der Waals surface area contributed by atoms with E-state index in [0.29, 0.717) is 5.16 Å². The molecule has 1 N–H and O–H groups in total. The standard InChI is InChI=1S/C15H13ClF3N3OS/c1-8-5-9(2)21-14(20-8)24-7-13(23)22-10-3-4-12(16)11(6-10)15(17,18)19/h3-6H,7H2,1-2H3,(H,22,23). The van der Waals surface area contributed by atoms with Gasteiger partial charge in [0.2, 0.25) is 5.91 Å². The van der Waals surface area contributed by atoms with E-state index in [1.54, 1.807) is 6.07 Å². The lowest BCUT2D eigenvalue weighted by atomic mass is 10.2. The van der Waals surface area contributed by atoms with Crippen molar-refractivity contribution in [3.63, 3.8) is 0 Å². The maximum absolute atomic E-state index is 12.8. The molecule has 0 saturated heterocycles. The molecule has 0 spiro atoms. The van der Waals surface area contributed by atoms with Crippen LogP contribution in [0.5, 0.6) is 0 Å². The van der Waals surface area contributed by atoms with Crippen LogP contribution in [0.4, 0.5) is 18.9 Å². The van der Waals surface area contributed by atoms with Gasteiger partial charge in [0.1, 0.15) is 0 Å². The highest BCUT2D eigenvalue weighted by molar-refractivity contribution is 7.99. The largest absolute Gasteiger partial charge is 0.417 e. The number of alkyl halides is 3. The lowest BCUT2D eigenvalue weighted by Gasteiger charge is -2.11. The summed E-state index contributed by atoms with van der Waals surface area (Å²) in [7, 11) is 0. The van der Waals surface area contributed by atoms with E-state index >= 15 is 0 Å². The number of rotatable bonds is 4. The van der Waals surface area contributed by atoms with Gasteiger partial charge in [-0.1, -0.05) is 23.4 Å². The van der Waals surface area contributed by atoms with Crippen LogP contribution in [0, 0.1) is 13.8 Å². The van der Waals surface area contributed by atoms with Gasteiger partial charge >= 0.3 is 6.18 Å². The molecule has 4 nitrogen and oxygen atoms in total. The molecule has 9 heteroatoms. The lowest BCUT2D eigenvalue weighted by molar-refractivity contribution is -0.137. The zero-order valence-electron chi connectivity index (χ0n) is 12.7. The minimum atomic E-state index is -4.58. The fraction of sp³-hybridized carbons (Fsp3) is 0.267. The molecular weight excluding hydrogens is 363 g/mol. The Morgan fingerprint density at radius 2 is 1.83 bits per heavy atom. The van der Waals surface area contributed by atoms with Gasteiger partial charge in [-0.15, -0.1) is 0 Å².